The number of rotatable bonds is 16. The lowest BCUT2D eigenvalue weighted by Gasteiger charge is -2.11. The second-order valence-corrected chi connectivity index (χ2v) is 6.85. The number of unbranched alkanes of at least 4 members (excludes halogenated alkanes) is 10. The first-order chi connectivity index (χ1) is 12.2. The molecule has 0 aliphatic carbocycles. The number of allylic oxidation sites excluding steroid dienone is 1. The van der Waals surface area contributed by atoms with Gasteiger partial charge in [0.1, 0.15) is 11.6 Å². The van der Waals surface area contributed by atoms with E-state index in [1.807, 2.05) is 0 Å². The molecule has 144 valence electrons. The van der Waals surface area contributed by atoms with Gasteiger partial charge in [0.25, 0.3) is 0 Å². The molecular weight excluding hydrogens is 310 g/mol. The monoisotopic (exact) mass is 349 g/mol. The molecular formula is C22H39NO2. The predicted molar refractivity (Wildman–Crippen MR) is 105 cm³/mol. The van der Waals surface area contributed by atoms with Crippen LogP contribution in [-0.2, 0) is 9.53 Å². The molecule has 0 bridgehead atoms. The first-order valence-corrected chi connectivity index (χ1v) is 10.5. The van der Waals surface area contributed by atoms with Crippen molar-refractivity contribution in [1.82, 2.24) is 0 Å². The Morgan fingerprint density at radius 3 is 1.60 bits per heavy atom. The fourth-order valence-corrected chi connectivity index (χ4v) is 3.08. The first kappa shape index (κ1) is 23.7. The van der Waals surface area contributed by atoms with Crippen molar-refractivity contribution < 1.29 is 9.53 Å². The van der Waals surface area contributed by atoms with Crippen molar-refractivity contribution in [2.75, 3.05) is 6.61 Å². The van der Waals surface area contributed by atoms with E-state index in [-0.39, 0.29) is 5.57 Å². The van der Waals surface area contributed by atoms with Gasteiger partial charge >= 0.3 is 5.97 Å². The Balaban J connectivity index is 4.53. The molecule has 0 aliphatic rings. The SMILES string of the molecule is CCCCCCCCC(CCCCCCCC)=C(C#N)C(=O)OCC. The third-order valence-electron chi connectivity index (χ3n) is 4.61. The Morgan fingerprint density at radius 2 is 1.20 bits per heavy atom. The molecule has 3 heteroatoms. The average molecular weight is 350 g/mol. The number of nitriles is 1. The molecule has 0 rings (SSSR count). The highest BCUT2D eigenvalue weighted by molar-refractivity contribution is 5.93. The van der Waals surface area contributed by atoms with Crippen LogP contribution in [0, 0.1) is 11.3 Å². The minimum Gasteiger partial charge on any atom is -0.462 e. The summed E-state index contributed by atoms with van der Waals surface area (Å²) in [5.74, 6) is -0.433. The lowest BCUT2D eigenvalue weighted by Crippen LogP contribution is -2.09. The van der Waals surface area contributed by atoms with Crippen LogP contribution in [0.25, 0.3) is 0 Å². The summed E-state index contributed by atoms with van der Waals surface area (Å²) in [6.07, 6.45) is 16.4. The zero-order valence-electron chi connectivity index (χ0n) is 16.9. The van der Waals surface area contributed by atoms with Crippen molar-refractivity contribution in [1.29, 1.82) is 5.26 Å². The molecule has 0 unspecified atom stereocenters. The maximum Gasteiger partial charge on any atom is 0.348 e. The number of esters is 1. The van der Waals surface area contributed by atoms with E-state index < -0.39 is 5.97 Å². The fraction of sp³-hybridized carbons (Fsp3) is 0.818. The molecule has 3 nitrogen and oxygen atoms in total. The summed E-state index contributed by atoms with van der Waals surface area (Å²) in [6.45, 7) is 6.55. The maximum atomic E-state index is 12.1. The second kappa shape index (κ2) is 17.5. The van der Waals surface area contributed by atoms with Gasteiger partial charge in [-0.15, -0.1) is 0 Å². The van der Waals surface area contributed by atoms with E-state index in [1.54, 1.807) is 6.92 Å². The number of carbonyl (C=O) groups is 1. The van der Waals surface area contributed by atoms with Crippen LogP contribution in [-0.4, -0.2) is 12.6 Å². The Kier molecular flexibility index (Phi) is 16.6. The highest BCUT2D eigenvalue weighted by Gasteiger charge is 2.16. The van der Waals surface area contributed by atoms with Crippen LogP contribution in [0.1, 0.15) is 111 Å². The van der Waals surface area contributed by atoms with Crippen LogP contribution in [0.5, 0.6) is 0 Å². The first-order valence-electron chi connectivity index (χ1n) is 10.5. The van der Waals surface area contributed by atoms with Crippen LogP contribution in [0.15, 0.2) is 11.1 Å². The van der Waals surface area contributed by atoms with Gasteiger partial charge in [-0.05, 0) is 38.2 Å². The van der Waals surface area contributed by atoms with Crippen molar-refractivity contribution in [3.8, 4) is 6.07 Å². The number of carbonyl (C=O) groups excluding carboxylic acids is 1. The van der Waals surface area contributed by atoms with E-state index in [4.69, 9.17) is 4.74 Å². The number of ether oxygens (including phenoxy) is 1. The third kappa shape index (κ3) is 12.7. The predicted octanol–water partition coefficient (Wildman–Crippen LogP) is 6.87. The summed E-state index contributed by atoms with van der Waals surface area (Å²) < 4.78 is 5.08. The molecule has 0 atom stereocenters. The molecule has 0 saturated carbocycles. The van der Waals surface area contributed by atoms with Crippen LogP contribution in [0.2, 0.25) is 0 Å². The van der Waals surface area contributed by atoms with Crippen molar-refractivity contribution >= 4 is 5.97 Å². The molecule has 0 aromatic heterocycles. The lowest BCUT2D eigenvalue weighted by molar-refractivity contribution is -0.138. The smallest absolute Gasteiger partial charge is 0.348 e. The quantitative estimate of drug-likeness (QED) is 0.132. The van der Waals surface area contributed by atoms with Crippen LogP contribution >= 0.6 is 0 Å². The molecule has 0 radical (unpaired) electrons. The average Bonchev–Trinajstić information content (AvgIpc) is 2.61. The van der Waals surface area contributed by atoms with E-state index in [1.165, 1.54) is 64.2 Å². The minimum absolute atomic E-state index is 0.268. The van der Waals surface area contributed by atoms with Gasteiger partial charge in [-0.2, -0.15) is 5.26 Å². The van der Waals surface area contributed by atoms with E-state index in [9.17, 15) is 10.1 Å². The largest absolute Gasteiger partial charge is 0.462 e. The Hall–Kier alpha value is -1.30. The summed E-state index contributed by atoms with van der Waals surface area (Å²) in [5.41, 5.74) is 1.29. The molecule has 0 aliphatic heterocycles. The maximum absolute atomic E-state index is 12.1. The van der Waals surface area contributed by atoms with Gasteiger partial charge in [0.2, 0.25) is 0 Å². The van der Waals surface area contributed by atoms with E-state index in [2.05, 4.69) is 19.9 Å². The standard InChI is InChI=1S/C22H39NO2/c1-4-7-9-11-13-15-17-20(18-16-14-12-10-8-5-2)21(19-23)22(24)25-6-3/h4-18H2,1-3H3. The lowest BCUT2D eigenvalue weighted by atomic mass is 9.95. The Labute approximate surface area is 155 Å². The zero-order chi connectivity index (χ0) is 18.8. The Morgan fingerprint density at radius 1 is 0.760 bits per heavy atom. The second-order valence-electron chi connectivity index (χ2n) is 6.85. The molecule has 0 spiro atoms. The van der Waals surface area contributed by atoms with Crippen molar-refractivity contribution in [3.63, 3.8) is 0 Å². The number of nitrogens with zero attached hydrogens (tertiary/aromatic N) is 1. The molecule has 0 saturated heterocycles. The van der Waals surface area contributed by atoms with Crippen molar-refractivity contribution in [2.45, 2.75) is 111 Å². The summed E-state index contributed by atoms with van der Waals surface area (Å²) >= 11 is 0. The minimum atomic E-state index is -0.433. The summed E-state index contributed by atoms with van der Waals surface area (Å²) in [5, 5.41) is 9.43. The molecule has 0 aromatic carbocycles. The van der Waals surface area contributed by atoms with Crippen LogP contribution in [0.4, 0.5) is 0 Å². The van der Waals surface area contributed by atoms with Gasteiger partial charge < -0.3 is 4.74 Å². The van der Waals surface area contributed by atoms with Gasteiger partial charge in [0.15, 0.2) is 0 Å². The molecule has 0 aromatic rings. The topological polar surface area (TPSA) is 50.1 Å². The van der Waals surface area contributed by atoms with E-state index in [0.29, 0.717) is 6.61 Å². The van der Waals surface area contributed by atoms with Crippen molar-refractivity contribution in [3.05, 3.63) is 11.1 Å². The molecule has 25 heavy (non-hydrogen) atoms. The third-order valence-corrected chi connectivity index (χ3v) is 4.61. The Bertz CT molecular complexity index is 389. The molecule has 0 N–H and O–H groups in total. The fourth-order valence-electron chi connectivity index (χ4n) is 3.08. The van der Waals surface area contributed by atoms with E-state index >= 15 is 0 Å². The van der Waals surface area contributed by atoms with Gasteiger partial charge in [-0.3, -0.25) is 0 Å². The van der Waals surface area contributed by atoms with Gasteiger partial charge in [-0.25, -0.2) is 4.79 Å². The normalized spacial score (nSPS) is 10.3. The molecule has 0 fully saturated rings. The van der Waals surface area contributed by atoms with Crippen molar-refractivity contribution in [2.24, 2.45) is 0 Å². The summed E-state index contributed by atoms with van der Waals surface area (Å²) in [4.78, 5) is 12.1. The van der Waals surface area contributed by atoms with Crippen LogP contribution < -0.4 is 0 Å². The zero-order valence-corrected chi connectivity index (χ0v) is 16.9. The highest BCUT2D eigenvalue weighted by Crippen LogP contribution is 2.22. The summed E-state index contributed by atoms with van der Waals surface area (Å²) in [7, 11) is 0. The van der Waals surface area contributed by atoms with Gasteiger partial charge in [0, 0.05) is 0 Å². The number of hydrogen-bond acceptors (Lipinski definition) is 3. The number of hydrogen-bond donors (Lipinski definition) is 0. The van der Waals surface area contributed by atoms with Gasteiger partial charge in [-0.1, -0.05) is 78.1 Å². The molecule has 0 heterocycles. The summed E-state index contributed by atoms with van der Waals surface area (Å²) in [6, 6.07) is 2.11. The molecule has 0 amide bonds. The van der Waals surface area contributed by atoms with E-state index in [0.717, 1.165) is 31.3 Å². The highest BCUT2D eigenvalue weighted by atomic mass is 16.5. The van der Waals surface area contributed by atoms with Gasteiger partial charge in [0.05, 0.1) is 6.61 Å². The van der Waals surface area contributed by atoms with Crippen LogP contribution in [0.3, 0.4) is 0 Å².